The second-order valence-electron chi connectivity index (χ2n) is 9.36. The molecule has 1 unspecified atom stereocenters. The molecule has 0 fully saturated rings. The van der Waals surface area contributed by atoms with E-state index in [1.807, 2.05) is 0 Å². The molecule has 2 nitrogen and oxygen atoms in total. The van der Waals surface area contributed by atoms with Crippen molar-refractivity contribution in [3.05, 3.63) is 94.5 Å². The number of unbranched alkanes of at least 4 members (excludes halogenated alkanes) is 2. The third kappa shape index (κ3) is 6.08. The predicted octanol–water partition coefficient (Wildman–Crippen LogP) is 9.56. The molecule has 0 saturated carbocycles. The van der Waals surface area contributed by atoms with E-state index in [9.17, 15) is 35.1 Å². The van der Waals surface area contributed by atoms with Crippen molar-refractivity contribution in [3.8, 4) is 16.9 Å². The first-order valence-electron chi connectivity index (χ1n) is 12.5. The van der Waals surface area contributed by atoms with Crippen LogP contribution in [0, 0.1) is 40.7 Å². The lowest BCUT2D eigenvalue weighted by Gasteiger charge is -2.24. The number of halogens is 9. The molecule has 1 aliphatic heterocycles. The van der Waals surface area contributed by atoms with Crippen LogP contribution in [-0.2, 0) is 10.8 Å². The molecule has 3 aromatic carbocycles. The van der Waals surface area contributed by atoms with E-state index in [1.165, 1.54) is 12.3 Å². The zero-order valence-corrected chi connectivity index (χ0v) is 21.1. The predicted molar refractivity (Wildman–Crippen MR) is 129 cm³/mol. The fourth-order valence-corrected chi connectivity index (χ4v) is 4.47. The molecular formula is C29H23F9O2. The van der Waals surface area contributed by atoms with Gasteiger partial charge in [-0.2, -0.15) is 8.78 Å². The Morgan fingerprint density at radius 3 is 1.98 bits per heavy atom. The van der Waals surface area contributed by atoms with Gasteiger partial charge in [-0.25, -0.2) is 30.7 Å². The maximum absolute atomic E-state index is 15.0. The molecule has 0 aromatic heterocycles. The molecule has 0 spiro atoms. The molecule has 4 rings (SSSR count). The molecule has 0 saturated heterocycles. The number of ether oxygens (including phenoxy) is 2. The zero-order chi connectivity index (χ0) is 29.2. The summed E-state index contributed by atoms with van der Waals surface area (Å²) in [6.07, 6.45) is 1.46. The highest BCUT2D eigenvalue weighted by Gasteiger charge is 2.42. The summed E-state index contributed by atoms with van der Waals surface area (Å²) in [4.78, 5) is 0. The summed E-state index contributed by atoms with van der Waals surface area (Å²) in [6.45, 7) is 2.07. The van der Waals surface area contributed by atoms with Gasteiger partial charge in [-0.05, 0) is 49.0 Å². The molecule has 0 radical (unpaired) electrons. The maximum Gasteiger partial charge on any atom is 0.432 e. The Balaban J connectivity index is 1.59. The smallest absolute Gasteiger partial charge is 0.432 e. The summed E-state index contributed by atoms with van der Waals surface area (Å²) >= 11 is 0. The number of hydrogen-bond donors (Lipinski definition) is 0. The molecule has 40 heavy (non-hydrogen) atoms. The van der Waals surface area contributed by atoms with Crippen molar-refractivity contribution in [2.45, 2.75) is 57.7 Å². The number of hydrogen-bond acceptors (Lipinski definition) is 2. The van der Waals surface area contributed by atoms with Gasteiger partial charge in [0.1, 0.15) is 22.9 Å². The molecule has 1 heterocycles. The normalized spacial score (nSPS) is 15.6. The Hall–Kier alpha value is -3.63. The second-order valence-corrected chi connectivity index (χ2v) is 9.36. The van der Waals surface area contributed by atoms with Crippen molar-refractivity contribution in [1.82, 2.24) is 0 Å². The first kappa shape index (κ1) is 29.4. The third-order valence-corrected chi connectivity index (χ3v) is 6.54. The summed E-state index contributed by atoms with van der Waals surface area (Å²) in [5.41, 5.74) is -2.87. The second kappa shape index (κ2) is 11.9. The molecule has 11 heteroatoms. The van der Waals surface area contributed by atoms with Crippen molar-refractivity contribution >= 4 is 5.57 Å². The molecule has 0 N–H and O–H groups in total. The molecule has 0 amide bonds. The molecule has 1 atom stereocenters. The largest absolute Gasteiger partial charge is 0.498 e. The van der Waals surface area contributed by atoms with E-state index in [0.717, 1.165) is 31.7 Å². The highest BCUT2D eigenvalue weighted by atomic mass is 19.3. The minimum absolute atomic E-state index is 0.0323. The van der Waals surface area contributed by atoms with Crippen LogP contribution >= 0.6 is 0 Å². The Bertz CT molecular complexity index is 1390. The van der Waals surface area contributed by atoms with Gasteiger partial charge < -0.3 is 9.47 Å². The SMILES string of the molecule is CCCCCC1CCC(c2ccc(-c3cc(F)c(C(F)(F)Oc4cc(F)c(F)c(F)c4)c(F)c3)c(F)c2F)=CO1. The van der Waals surface area contributed by atoms with Gasteiger partial charge in [-0.3, -0.25) is 0 Å². The fourth-order valence-electron chi connectivity index (χ4n) is 4.47. The Kier molecular flexibility index (Phi) is 8.70. The number of rotatable bonds is 9. The van der Waals surface area contributed by atoms with Gasteiger partial charge in [0, 0.05) is 23.3 Å². The van der Waals surface area contributed by atoms with Gasteiger partial charge in [-0.1, -0.05) is 31.9 Å². The minimum atomic E-state index is -4.82. The van der Waals surface area contributed by atoms with Gasteiger partial charge in [0.2, 0.25) is 0 Å². The van der Waals surface area contributed by atoms with Crippen LogP contribution < -0.4 is 4.74 Å². The van der Waals surface area contributed by atoms with Crippen molar-refractivity contribution in [1.29, 1.82) is 0 Å². The van der Waals surface area contributed by atoms with Crippen LogP contribution in [0.5, 0.6) is 5.75 Å². The topological polar surface area (TPSA) is 18.5 Å². The first-order chi connectivity index (χ1) is 18.9. The van der Waals surface area contributed by atoms with Gasteiger partial charge in [0.25, 0.3) is 0 Å². The highest BCUT2D eigenvalue weighted by Crippen LogP contribution is 2.39. The lowest BCUT2D eigenvalue weighted by Crippen LogP contribution is -2.25. The van der Waals surface area contributed by atoms with Crippen LogP contribution in [0.25, 0.3) is 16.7 Å². The summed E-state index contributed by atoms with van der Waals surface area (Å²) in [6, 6.07) is 3.05. The van der Waals surface area contributed by atoms with E-state index in [1.54, 1.807) is 0 Å². The number of allylic oxidation sites excluding steroid dienone is 1. The van der Waals surface area contributed by atoms with E-state index in [4.69, 9.17) is 4.74 Å². The van der Waals surface area contributed by atoms with Crippen LogP contribution in [0.3, 0.4) is 0 Å². The van der Waals surface area contributed by atoms with Crippen LogP contribution in [0.15, 0.2) is 42.7 Å². The van der Waals surface area contributed by atoms with Crippen molar-refractivity contribution in [2.75, 3.05) is 0 Å². The van der Waals surface area contributed by atoms with Crippen molar-refractivity contribution in [2.24, 2.45) is 0 Å². The summed E-state index contributed by atoms with van der Waals surface area (Å²) < 4.78 is 138. The van der Waals surface area contributed by atoms with Crippen LogP contribution in [0.2, 0.25) is 0 Å². The quantitative estimate of drug-likeness (QED) is 0.144. The number of benzene rings is 3. The average molecular weight is 574 g/mol. The lowest BCUT2D eigenvalue weighted by atomic mass is 9.93. The Labute approximate surface area is 224 Å². The standard InChI is InChI=1S/C29H23F9O2/c1-2-3-4-5-17-7-6-15(14-39-17)19-8-9-20(27(35)26(19)34)16-10-21(30)25(22(31)11-16)29(37,38)40-18-12-23(32)28(36)24(33)13-18/h8-14,17H,2-7H2,1H3. The monoisotopic (exact) mass is 574 g/mol. The third-order valence-electron chi connectivity index (χ3n) is 6.54. The van der Waals surface area contributed by atoms with E-state index in [0.29, 0.717) is 30.5 Å². The molecule has 214 valence electrons. The highest BCUT2D eigenvalue weighted by molar-refractivity contribution is 5.72. The summed E-state index contributed by atoms with van der Waals surface area (Å²) in [5.74, 6) is -13.5. The summed E-state index contributed by atoms with van der Waals surface area (Å²) in [7, 11) is 0. The van der Waals surface area contributed by atoms with Crippen LogP contribution in [0.4, 0.5) is 39.5 Å². The average Bonchev–Trinajstić information content (AvgIpc) is 2.88. The van der Waals surface area contributed by atoms with Gasteiger partial charge >= 0.3 is 6.11 Å². The molecule has 3 aromatic rings. The van der Waals surface area contributed by atoms with E-state index >= 15 is 4.39 Å². The van der Waals surface area contributed by atoms with Gasteiger partial charge in [0.15, 0.2) is 29.1 Å². The molecule has 0 bridgehead atoms. The lowest BCUT2D eigenvalue weighted by molar-refractivity contribution is -0.189. The fraction of sp³-hybridized carbons (Fsp3) is 0.310. The molecule has 1 aliphatic rings. The van der Waals surface area contributed by atoms with E-state index in [-0.39, 0.29) is 23.8 Å². The maximum atomic E-state index is 15.0. The molecule has 0 aliphatic carbocycles. The van der Waals surface area contributed by atoms with Crippen LogP contribution in [0.1, 0.15) is 56.6 Å². The van der Waals surface area contributed by atoms with Gasteiger partial charge in [-0.15, -0.1) is 0 Å². The Morgan fingerprint density at radius 2 is 1.40 bits per heavy atom. The Morgan fingerprint density at radius 1 is 0.800 bits per heavy atom. The van der Waals surface area contributed by atoms with E-state index < -0.39 is 69.3 Å². The first-order valence-corrected chi connectivity index (χ1v) is 12.5. The van der Waals surface area contributed by atoms with Gasteiger partial charge in [0.05, 0.1) is 12.4 Å². The van der Waals surface area contributed by atoms with Crippen molar-refractivity contribution < 1.29 is 49.0 Å². The molecular weight excluding hydrogens is 551 g/mol. The van der Waals surface area contributed by atoms with Crippen molar-refractivity contribution in [3.63, 3.8) is 0 Å². The summed E-state index contributed by atoms with van der Waals surface area (Å²) in [5, 5.41) is 0. The minimum Gasteiger partial charge on any atom is -0.498 e. The zero-order valence-electron chi connectivity index (χ0n) is 21.1. The van der Waals surface area contributed by atoms with Crippen LogP contribution in [-0.4, -0.2) is 6.10 Å². The van der Waals surface area contributed by atoms with E-state index in [2.05, 4.69) is 11.7 Å². The number of alkyl halides is 2.